The minimum absolute atomic E-state index is 0.551. The normalized spacial score (nSPS) is 22.1. The van der Waals surface area contributed by atoms with Gasteiger partial charge in [-0.25, -0.2) is 9.97 Å². The average molecular weight is 299 g/mol. The minimum atomic E-state index is 0.551. The number of benzene rings is 1. The maximum atomic E-state index is 5.96. The summed E-state index contributed by atoms with van der Waals surface area (Å²) in [5.74, 6) is 2.10. The number of hydrogen-bond donors (Lipinski definition) is 1. The number of nitrogens with zero attached hydrogens (tertiary/aromatic N) is 2. The summed E-state index contributed by atoms with van der Waals surface area (Å²) >= 11 is 1.86. The van der Waals surface area contributed by atoms with Gasteiger partial charge in [-0.15, -0.1) is 11.8 Å². The fourth-order valence-electron chi connectivity index (χ4n) is 2.88. The Labute approximate surface area is 130 Å². The molecule has 4 heteroatoms. The zero-order chi connectivity index (χ0) is 14.7. The highest BCUT2D eigenvalue weighted by Crippen LogP contribution is 2.36. The highest BCUT2D eigenvalue weighted by atomic mass is 32.2. The molecule has 2 unspecified atom stereocenters. The topological polar surface area (TPSA) is 51.8 Å². The van der Waals surface area contributed by atoms with E-state index in [1.807, 2.05) is 48.2 Å². The standard InChI is InChI=1S/C17H21N3S/c1-12-6-5-9-14(10-12)21-16-11-15(18)19-17(20-16)13-7-3-2-4-8-13/h2-4,7-8,11-12,14H,5-6,9-10H2,1H3,(H2,18,19,20). The molecule has 0 bridgehead atoms. The van der Waals surface area contributed by atoms with Gasteiger partial charge in [0, 0.05) is 16.9 Å². The summed E-state index contributed by atoms with van der Waals surface area (Å²) in [6, 6.07) is 11.9. The third-order valence-electron chi connectivity index (χ3n) is 3.93. The lowest BCUT2D eigenvalue weighted by atomic mass is 9.91. The number of thioether (sulfide) groups is 1. The lowest BCUT2D eigenvalue weighted by molar-refractivity contribution is 0.394. The van der Waals surface area contributed by atoms with Crippen LogP contribution >= 0.6 is 11.8 Å². The molecule has 1 aromatic carbocycles. The summed E-state index contributed by atoms with van der Waals surface area (Å²) in [4.78, 5) is 9.06. The number of nitrogens with two attached hydrogens (primary N) is 1. The monoisotopic (exact) mass is 299 g/mol. The first-order valence-corrected chi connectivity index (χ1v) is 8.45. The van der Waals surface area contributed by atoms with Crippen LogP contribution in [-0.2, 0) is 0 Å². The lowest BCUT2D eigenvalue weighted by Gasteiger charge is -2.25. The Morgan fingerprint density at radius 3 is 2.71 bits per heavy atom. The third-order valence-corrected chi connectivity index (χ3v) is 5.14. The maximum absolute atomic E-state index is 5.96. The zero-order valence-electron chi connectivity index (χ0n) is 12.3. The van der Waals surface area contributed by atoms with Gasteiger partial charge in [0.25, 0.3) is 0 Å². The summed E-state index contributed by atoms with van der Waals surface area (Å²) < 4.78 is 0. The summed E-state index contributed by atoms with van der Waals surface area (Å²) in [6.07, 6.45) is 5.23. The van der Waals surface area contributed by atoms with Crippen LogP contribution in [0.4, 0.5) is 5.82 Å². The first kappa shape index (κ1) is 14.4. The molecule has 2 N–H and O–H groups in total. The molecule has 1 aliphatic rings. The zero-order valence-corrected chi connectivity index (χ0v) is 13.1. The Morgan fingerprint density at radius 2 is 1.95 bits per heavy atom. The van der Waals surface area contributed by atoms with Crippen LogP contribution in [0.2, 0.25) is 0 Å². The van der Waals surface area contributed by atoms with Gasteiger partial charge in [0.15, 0.2) is 5.82 Å². The van der Waals surface area contributed by atoms with Crippen molar-refractivity contribution in [3.63, 3.8) is 0 Å². The fourth-order valence-corrected chi connectivity index (χ4v) is 4.25. The largest absolute Gasteiger partial charge is 0.384 e. The molecule has 3 rings (SSSR count). The van der Waals surface area contributed by atoms with Gasteiger partial charge in [-0.1, -0.05) is 50.1 Å². The molecule has 0 radical (unpaired) electrons. The smallest absolute Gasteiger partial charge is 0.162 e. The number of aromatic nitrogens is 2. The van der Waals surface area contributed by atoms with Crippen LogP contribution < -0.4 is 5.73 Å². The van der Waals surface area contributed by atoms with Gasteiger partial charge >= 0.3 is 0 Å². The van der Waals surface area contributed by atoms with Crippen LogP contribution in [0.1, 0.15) is 32.6 Å². The second-order valence-corrected chi connectivity index (χ2v) is 7.15. The molecule has 1 aliphatic carbocycles. The predicted molar refractivity (Wildman–Crippen MR) is 89.2 cm³/mol. The van der Waals surface area contributed by atoms with E-state index in [-0.39, 0.29) is 0 Å². The van der Waals surface area contributed by atoms with Crippen molar-refractivity contribution in [3.05, 3.63) is 36.4 Å². The third kappa shape index (κ3) is 3.76. The molecule has 1 fully saturated rings. The quantitative estimate of drug-likeness (QED) is 0.854. The molecular formula is C17H21N3S. The molecule has 2 aromatic rings. The van der Waals surface area contributed by atoms with E-state index in [2.05, 4.69) is 11.9 Å². The molecule has 0 aliphatic heterocycles. The van der Waals surface area contributed by atoms with Crippen LogP contribution in [0.25, 0.3) is 11.4 Å². The van der Waals surface area contributed by atoms with Crippen molar-refractivity contribution >= 4 is 17.6 Å². The second-order valence-electron chi connectivity index (χ2n) is 5.83. The maximum Gasteiger partial charge on any atom is 0.162 e. The van der Waals surface area contributed by atoms with Crippen LogP contribution in [0.15, 0.2) is 41.4 Å². The molecule has 1 aromatic heterocycles. The van der Waals surface area contributed by atoms with Crippen molar-refractivity contribution in [1.29, 1.82) is 0 Å². The van der Waals surface area contributed by atoms with Crippen LogP contribution in [0, 0.1) is 5.92 Å². The minimum Gasteiger partial charge on any atom is -0.384 e. The summed E-state index contributed by atoms with van der Waals surface area (Å²) in [7, 11) is 0. The van der Waals surface area contributed by atoms with Crippen LogP contribution in [-0.4, -0.2) is 15.2 Å². The number of nitrogen functional groups attached to an aromatic ring is 1. The van der Waals surface area contributed by atoms with E-state index in [0.29, 0.717) is 11.1 Å². The molecule has 0 spiro atoms. The van der Waals surface area contributed by atoms with Crippen LogP contribution in [0.5, 0.6) is 0 Å². The van der Waals surface area contributed by atoms with E-state index in [9.17, 15) is 0 Å². The molecule has 1 heterocycles. The second kappa shape index (κ2) is 6.48. The molecule has 0 saturated heterocycles. The molecular weight excluding hydrogens is 278 g/mol. The Hall–Kier alpha value is -1.55. The predicted octanol–water partition coefficient (Wildman–Crippen LogP) is 4.40. The van der Waals surface area contributed by atoms with E-state index in [0.717, 1.165) is 22.3 Å². The highest BCUT2D eigenvalue weighted by Gasteiger charge is 2.20. The number of hydrogen-bond acceptors (Lipinski definition) is 4. The summed E-state index contributed by atoms with van der Waals surface area (Å²) in [5, 5.41) is 1.66. The van der Waals surface area contributed by atoms with E-state index in [4.69, 9.17) is 10.7 Å². The SMILES string of the molecule is CC1CCCC(Sc2cc(N)nc(-c3ccccc3)n2)C1. The van der Waals surface area contributed by atoms with E-state index < -0.39 is 0 Å². The van der Waals surface area contributed by atoms with Crippen molar-refractivity contribution in [2.45, 2.75) is 42.9 Å². The lowest BCUT2D eigenvalue weighted by Crippen LogP contribution is -2.15. The molecule has 3 nitrogen and oxygen atoms in total. The molecule has 1 saturated carbocycles. The van der Waals surface area contributed by atoms with Crippen LogP contribution in [0.3, 0.4) is 0 Å². The molecule has 21 heavy (non-hydrogen) atoms. The van der Waals surface area contributed by atoms with Crippen molar-refractivity contribution in [2.75, 3.05) is 5.73 Å². The molecule has 110 valence electrons. The van der Waals surface area contributed by atoms with Gasteiger partial charge in [-0.3, -0.25) is 0 Å². The van der Waals surface area contributed by atoms with Crippen molar-refractivity contribution in [3.8, 4) is 11.4 Å². The van der Waals surface area contributed by atoms with Gasteiger partial charge in [-0.05, 0) is 18.8 Å². The first-order chi connectivity index (χ1) is 10.2. The Morgan fingerprint density at radius 1 is 1.14 bits per heavy atom. The fraction of sp³-hybridized carbons (Fsp3) is 0.412. The van der Waals surface area contributed by atoms with Gasteiger partial charge in [-0.2, -0.15) is 0 Å². The Bertz CT molecular complexity index is 600. The Kier molecular flexibility index (Phi) is 4.44. The van der Waals surface area contributed by atoms with E-state index >= 15 is 0 Å². The van der Waals surface area contributed by atoms with Crippen molar-refractivity contribution < 1.29 is 0 Å². The van der Waals surface area contributed by atoms with E-state index in [1.54, 1.807) is 0 Å². The van der Waals surface area contributed by atoms with E-state index in [1.165, 1.54) is 25.7 Å². The first-order valence-electron chi connectivity index (χ1n) is 7.57. The van der Waals surface area contributed by atoms with Gasteiger partial charge < -0.3 is 5.73 Å². The number of anilines is 1. The summed E-state index contributed by atoms with van der Waals surface area (Å²) in [5.41, 5.74) is 6.98. The van der Waals surface area contributed by atoms with Gasteiger partial charge in [0.05, 0.1) is 0 Å². The average Bonchev–Trinajstić information content (AvgIpc) is 2.47. The van der Waals surface area contributed by atoms with Gasteiger partial charge in [0.1, 0.15) is 10.8 Å². The van der Waals surface area contributed by atoms with Crippen molar-refractivity contribution in [2.24, 2.45) is 5.92 Å². The summed E-state index contributed by atoms with van der Waals surface area (Å²) in [6.45, 7) is 2.34. The molecule has 0 amide bonds. The Balaban J connectivity index is 1.81. The number of rotatable bonds is 3. The van der Waals surface area contributed by atoms with Crippen molar-refractivity contribution in [1.82, 2.24) is 9.97 Å². The highest BCUT2D eigenvalue weighted by molar-refractivity contribution is 7.99. The molecule has 2 atom stereocenters. The van der Waals surface area contributed by atoms with Gasteiger partial charge in [0.2, 0.25) is 0 Å².